The number of unbranched alkanes of at least 4 members (excludes halogenated alkanes) is 9. The zero-order valence-electron chi connectivity index (χ0n) is 18.1. The van der Waals surface area contributed by atoms with Crippen molar-refractivity contribution in [1.82, 2.24) is 0 Å². The maximum absolute atomic E-state index is 6.20. The van der Waals surface area contributed by atoms with E-state index in [0.717, 1.165) is 11.2 Å². The van der Waals surface area contributed by atoms with Gasteiger partial charge in [-0.1, -0.05) is 85.0 Å². The molecule has 25 heavy (non-hydrogen) atoms. The van der Waals surface area contributed by atoms with Gasteiger partial charge in [-0.15, -0.1) is 0 Å². The monoisotopic (exact) mass is 377 g/mol. The molecule has 154 valence electrons. The molecule has 2 nitrogen and oxygen atoms in total. The minimum absolute atomic E-state index is 0. The van der Waals surface area contributed by atoms with Gasteiger partial charge in [0.15, 0.2) is 6.73 Å². The van der Waals surface area contributed by atoms with E-state index in [1.165, 1.54) is 96.4 Å². The largest absolute Gasteiger partial charge is 1.00 e. The van der Waals surface area contributed by atoms with Crippen LogP contribution >= 0.6 is 0 Å². The molecule has 0 N–H and O–H groups in total. The van der Waals surface area contributed by atoms with Crippen molar-refractivity contribution >= 4 is 0 Å². The van der Waals surface area contributed by atoms with Crippen LogP contribution in [0.2, 0.25) is 0 Å². The van der Waals surface area contributed by atoms with Crippen molar-refractivity contribution in [2.24, 2.45) is 0 Å². The average molecular weight is 378 g/mol. The van der Waals surface area contributed by atoms with Crippen molar-refractivity contribution in [2.45, 2.75) is 117 Å². The second-order valence-electron chi connectivity index (χ2n) is 8.34. The molecule has 0 rings (SSSR count). The Morgan fingerprint density at radius 3 is 1.52 bits per heavy atom. The minimum Gasteiger partial charge on any atom is -1.00 e. The van der Waals surface area contributed by atoms with E-state index < -0.39 is 0 Å². The maximum atomic E-state index is 6.20. The van der Waals surface area contributed by atoms with E-state index in [2.05, 4.69) is 34.9 Å². The molecule has 0 heterocycles. The third kappa shape index (κ3) is 18.8. The highest BCUT2D eigenvalue weighted by atomic mass is 35.5. The van der Waals surface area contributed by atoms with Crippen molar-refractivity contribution in [3.63, 3.8) is 0 Å². The van der Waals surface area contributed by atoms with Crippen LogP contribution in [0.3, 0.4) is 0 Å². The third-order valence-electron chi connectivity index (χ3n) is 5.00. The predicted octanol–water partition coefficient (Wildman–Crippen LogP) is 3.93. The van der Waals surface area contributed by atoms with Crippen LogP contribution in [0.1, 0.15) is 111 Å². The Balaban J connectivity index is 0. The van der Waals surface area contributed by atoms with E-state index in [9.17, 15) is 0 Å². The SMILES string of the molecule is CCCCCCCCCCCC[N+](C)(C)COC(CCC)CCC.[Cl-]. The molecule has 0 aromatic carbocycles. The zero-order chi connectivity index (χ0) is 18.1. The van der Waals surface area contributed by atoms with E-state index in [4.69, 9.17) is 4.74 Å². The first-order chi connectivity index (χ1) is 11.6. The van der Waals surface area contributed by atoms with Gasteiger partial charge in [-0.2, -0.15) is 0 Å². The summed E-state index contributed by atoms with van der Waals surface area (Å²) >= 11 is 0. The summed E-state index contributed by atoms with van der Waals surface area (Å²) in [6.07, 6.45) is 19.5. The van der Waals surface area contributed by atoms with Crippen LogP contribution in [0.15, 0.2) is 0 Å². The van der Waals surface area contributed by atoms with Gasteiger partial charge in [-0.3, -0.25) is 0 Å². The molecule has 0 aliphatic rings. The molecular formula is C22H48ClNO. The standard InChI is InChI=1S/C22H48NO.ClH/c1-6-9-10-11-12-13-14-15-16-17-20-23(4,5)21-24-22(18-7-2)19-8-3;/h22H,6-21H2,1-5H3;1H/q+1;/p-1. The molecule has 0 saturated carbocycles. The minimum atomic E-state index is 0. The summed E-state index contributed by atoms with van der Waals surface area (Å²) in [5.41, 5.74) is 0. The summed E-state index contributed by atoms with van der Waals surface area (Å²) in [5, 5.41) is 0. The van der Waals surface area contributed by atoms with E-state index >= 15 is 0 Å². The molecule has 0 aliphatic heterocycles. The van der Waals surface area contributed by atoms with Gasteiger partial charge in [0.2, 0.25) is 0 Å². The number of quaternary nitrogens is 1. The predicted molar refractivity (Wildman–Crippen MR) is 108 cm³/mol. The van der Waals surface area contributed by atoms with Crippen LogP contribution < -0.4 is 12.4 Å². The van der Waals surface area contributed by atoms with Gasteiger partial charge in [-0.05, 0) is 25.7 Å². The molecule has 0 unspecified atom stereocenters. The highest BCUT2D eigenvalue weighted by Gasteiger charge is 2.17. The summed E-state index contributed by atoms with van der Waals surface area (Å²) in [6.45, 7) is 8.94. The number of halogens is 1. The van der Waals surface area contributed by atoms with Crippen LogP contribution in [-0.4, -0.2) is 38.0 Å². The molecule has 0 radical (unpaired) electrons. The van der Waals surface area contributed by atoms with Gasteiger partial charge < -0.3 is 21.6 Å². The van der Waals surface area contributed by atoms with Gasteiger partial charge in [0.25, 0.3) is 0 Å². The van der Waals surface area contributed by atoms with Crippen molar-refractivity contribution in [3.8, 4) is 0 Å². The fourth-order valence-electron chi connectivity index (χ4n) is 3.35. The maximum Gasteiger partial charge on any atom is 0.183 e. The highest BCUT2D eigenvalue weighted by Crippen LogP contribution is 2.14. The number of hydrogen-bond donors (Lipinski definition) is 0. The molecule has 0 atom stereocenters. The smallest absolute Gasteiger partial charge is 0.183 e. The Hall–Kier alpha value is 0.210. The van der Waals surface area contributed by atoms with Gasteiger partial charge in [0, 0.05) is 0 Å². The molecular weight excluding hydrogens is 330 g/mol. The molecule has 0 fully saturated rings. The lowest BCUT2D eigenvalue weighted by atomic mass is 10.1. The topological polar surface area (TPSA) is 9.23 Å². The van der Waals surface area contributed by atoms with Gasteiger partial charge in [0.05, 0.1) is 26.7 Å². The van der Waals surface area contributed by atoms with Gasteiger partial charge in [0.1, 0.15) is 0 Å². The Morgan fingerprint density at radius 1 is 0.640 bits per heavy atom. The fourth-order valence-corrected chi connectivity index (χ4v) is 3.35. The quantitative estimate of drug-likeness (QED) is 0.200. The van der Waals surface area contributed by atoms with E-state index in [1.54, 1.807) is 0 Å². The van der Waals surface area contributed by atoms with E-state index in [1.807, 2.05) is 0 Å². The molecule has 0 aliphatic carbocycles. The third-order valence-corrected chi connectivity index (χ3v) is 5.00. The Labute approximate surface area is 166 Å². The first-order valence-electron chi connectivity index (χ1n) is 11.0. The van der Waals surface area contributed by atoms with Crippen LogP contribution in [0.4, 0.5) is 0 Å². The highest BCUT2D eigenvalue weighted by molar-refractivity contribution is 4.55. The average Bonchev–Trinajstić information content (AvgIpc) is 2.55. The molecule has 0 spiro atoms. The fraction of sp³-hybridized carbons (Fsp3) is 1.00. The molecule has 0 aromatic rings. The van der Waals surface area contributed by atoms with E-state index in [-0.39, 0.29) is 12.4 Å². The van der Waals surface area contributed by atoms with Gasteiger partial charge >= 0.3 is 0 Å². The molecule has 3 heteroatoms. The Bertz CT molecular complexity index is 252. The zero-order valence-corrected chi connectivity index (χ0v) is 18.9. The first-order valence-corrected chi connectivity index (χ1v) is 11.0. The Kier molecular flexibility index (Phi) is 20.8. The lowest BCUT2D eigenvalue weighted by Crippen LogP contribution is -3.00. The van der Waals surface area contributed by atoms with Crippen LogP contribution in [0, 0.1) is 0 Å². The van der Waals surface area contributed by atoms with Crippen molar-refractivity contribution in [1.29, 1.82) is 0 Å². The van der Waals surface area contributed by atoms with Crippen LogP contribution in [0.5, 0.6) is 0 Å². The first kappa shape index (κ1) is 27.4. The molecule has 0 bridgehead atoms. The summed E-state index contributed by atoms with van der Waals surface area (Å²) in [6, 6.07) is 0. The number of nitrogens with zero attached hydrogens (tertiary/aromatic N) is 1. The molecule has 0 amide bonds. The van der Waals surface area contributed by atoms with E-state index in [0.29, 0.717) is 6.10 Å². The lowest BCUT2D eigenvalue weighted by molar-refractivity contribution is -0.910. The normalized spacial score (nSPS) is 11.8. The number of ether oxygens (including phenoxy) is 1. The van der Waals surface area contributed by atoms with Crippen molar-refractivity contribution in [3.05, 3.63) is 0 Å². The number of hydrogen-bond acceptors (Lipinski definition) is 1. The second-order valence-corrected chi connectivity index (χ2v) is 8.34. The molecule has 0 saturated heterocycles. The molecule has 0 aromatic heterocycles. The van der Waals surface area contributed by atoms with Crippen LogP contribution in [0.25, 0.3) is 0 Å². The van der Waals surface area contributed by atoms with Crippen molar-refractivity contribution < 1.29 is 21.6 Å². The lowest BCUT2D eigenvalue weighted by Gasteiger charge is -2.31. The summed E-state index contributed by atoms with van der Waals surface area (Å²) in [4.78, 5) is 0. The van der Waals surface area contributed by atoms with Crippen LogP contribution in [-0.2, 0) is 4.74 Å². The summed E-state index contributed by atoms with van der Waals surface area (Å²) in [7, 11) is 4.64. The second kappa shape index (κ2) is 19.0. The summed E-state index contributed by atoms with van der Waals surface area (Å²) in [5.74, 6) is 0. The van der Waals surface area contributed by atoms with Crippen molar-refractivity contribution in [2.75, 3.05) is 27.4 Å². The Morgan fingerprint density at radius 2 is 1.08 bits per heavy atom. The van der Waals surface area contributed by atoms with Gasteiger partial charge in [-0.25, -0.2) is 0 Å². The summed E-state index contributed by atoms with van der Waals surface area (Å²) < 4.78 is 7.22. The number of rotatable bonds is 18.